The zero-order chi connectivity index (χ0) is 26.2. The molecule has 0 bridgehead atoms. The molecule has 0 spiro atoms. The summed E-state index contributed by atoms with van der Waals surface area (Å²) in [6.45, 7) is 8.53. The van der Waals surface area contributed by atoms with Crippen molar-refractivity contribution in [3.8, 4) is 0 Å². The summed E-state index contributed by atoms with van der Waals surface area (Å²) >= 11 is 3.45. The van der Waals surface area contributed by atoms with Gasteiger partial charge in [-0.25, -0.2) is 8.42 Å². The Hall–Kier alpha value is -2.39. The lowest BCUT2D eigenvalue weighted by atomic mass is 10.1. The van der Waals surface area contributed by atoms with Crippen LogP contribution in [0.4, 0.5) is 5.69 Å². The maximum atomic E-state index is 13.3. The van der Waals surface area contributed by atoms with Crippen molar-refractivity contribution in [2.75, 3.05) is 23.7 Å². The highest BCUT2D eigenvalue weighted by molar-refractivity contribution is 9.10. The van der Waals surface area contributed by atoms with E-state index >= 15 is 0 Å². The molecule has 0 fully saturated rings. The van der Waals surface area contributed by atoms with E-state index in [2.05, 4.69) is 21.2 Å². The average Bonchev–Trinajstić information content (AvgIpc) is 2.79. The van der Waals surface area contributed by atoms with Crippen molar-refractivity contribution in [1.82, 2.24) is 10.2 Å². The van der Waals surface area contributed by atoms with Crippen LogP contribution in [-0.2, 0) is 26.2 Å². The Morgan fingerprint density at radius 3 is 2.43 bits per heavy atom. The zero-order valence-corrected chi connectivity index (χ0v) is 23.6. The van der Waals surface area contributed by atoms with Crippen molar-refractivity contribution in [2.24, 2.45) is 0 Å². The number of carbonyl (C=O) groups is 2. The molecule has 0 radical (unpaired) electrons. The maximum Gasteiger partial charge on any atom is 0.242 e. The van der Waals surface area contributed by atoms with Crippen molar-refractivity contribution in [1.29, 1.82) is 0 Å². The fourth-order valence-corrected chi connectivity index (χ4v) is 5.26. The Bertz CT molecular complexity index is 1140. The van der Waals surface area contributed by atoms with E-state index < -0.39 is 16.1 Å². The number of carbonyl (C=O) groups excluding carboxylic acids is 2. The van der Waals surface area contributed by atoms with Crippen LogP contribution in [0.3, 0.4) is 0 Å². The Balaban J connectivity index is 2.19. The SMILES string of the molecule is CCCNC(=O)[C@@H](C)N(Cc1cccc(Br)c1)C(=O)CCCN(c1cccc(C)c1C)S(C)(=O)=O. The molecule has 0 heterocycles. The van der Waals surface area contributed by atoms with E-state index in [0.717, 1.165) is 27.6 Å². The molecule has 0 aliphatic rings. The Morgan fingerprint density at radius 2 is 1.80 bits per heavy atom. The van der Waals surface area contributed by atoms with Crippen LogP contribution in [0.25, 0.3) is 0 Å². The first-order valence-corrected chi connectivity index (χ1v) is 14.4. The van der Waals surface area contributed by atoms with Crippen LogP contribution >= 0.6 is 15.9 Å². The van der Waals surface area contributed by atoms with Crippen LogP contribution in [0.5, 0.6) is 0 Å². The fraction of sp³-hybridized carbons (Fsp3) is 0.462. The number of nitrogens with zero attached hydrogens (tertiary/aromatic N) is 2. The maximum absolute atomic E-state index is 13.3. The third-order valence-electron chi connectivity index (χ3n) is 5.96. The van der Waals surface area contributed by atoms with Crippen molar-refractivity contribution in [3.63, 3.8) is 0 Å². The largest absolute Gasteiger partial charge is 0.354 e. The Kier molecular flexibility index (Phi) is 10.8. The molecule has 192 valence electrons. The lowest BCUT2D eigenvalue weighted by Crippen LogP contribution is -2.47. The summed E-state index contributed by atoms with van der Waals surface area (Å²) in [6, 6.07) is 12.5. The average molecular weight is 567 g/mol. The number of rotatable bonds is 12. The first kappa shape index (κ1) is 28.8. The van der Waals surface area contributed by atoms with Gasteiger partial charge >= 0.3 is 0 Å². The number of benzene rings is 2. The second-order valence-electron chi connectivity index (χ2n) is 8.78. The second kappa shape index (κ2) is 13.1. The molecule has 35 heavy (non-hydrogen) atoms. The molecule has 2 rings (SSSR count). The molecule has 0 unspecified atom stereocenters. The van der Waals surface area contributed by atoms with Crippen molar-refractivity contribution >= 4 is 43.5 Å². The lowest BCUT2D eigenvalue weighted by Gasteiger charge is -2.29. The highest BCUT2D eigenvalue weighted by atomic mass is 79.9. The number of sulfonamides is 1. The van der Waals surface area contributed by atoms with Crippen LogP contribution in [-0.4, -0.2) is 50.5 Å². The van der Waals surface area contributed by atoms with E-state index in [1.54, 1.807) is 17.9 Å². The molecule has 2 aromatic carbocycles. The quantitative estimate of drug-likeness (QED) is 0.408. The van der Waals surface area contributed by atoms with Crippen LogP contribution in [0.1, 0.15) is 49.8 Å². The molecule has 0 saturated carbocycles. The van der Waals surface area contributed by atoms with Crippen molar-refractivity contribution in [2.45, 2.75) is 59.5 Å². The van der Waals surface area contributed by atoms with Gasteiger partial charge in [-0.1, -0.05) is 47.1 Å². The molecule has 0 aromatic heterocycles. The van der Waals surface area contributed by atoms with Gasteiger partial charge in [0.05, 0.1) is 11.9 Å². The predicted octanol–water partition coefficient (Wildman–Crippen LogP) is 4.56. The summed E-state index contributed by atoms with van der Waals surface area (Å²) in [7, 11) is -3.53. The molecule has 0 aliphatic carbocycles. The molecule has 0 aliphatic heterocycles. The second-order valence-corrected chi connectivity index (χ2v) is 11.6. The summed E-state index contributed by atoms with van der Waals surface area (Å²) in [4.78, 5) is 27.5. The van der Waals surface area contributed by atoms with Crippen molar-refractivity contribution in [3.05, 3.63) is 63.6 Å². The molecular weight excluding hydrogens is 530 g/mol. The highest BCUT2D eigenvalue weighted by Gasteiger charge is 2.27. The zero-order valence-electron chi connectivity index (χ0n) is 21.2. The van der Waals surface area contributed by atoms with E-state index in [4.69, 9.17) is 0 Å². The molecule has 1 atom stereocenters. The minimum Gasteiger partial charge on any atom is -0.354 e. The van der Waals surface area contributed by atoms with Crippen LogP contribution in [0, 0.1) is 13.8 Å². The normalized spacial score (nSPS) is 12.2. The molecule has 2 amide bonds. The number of anilines is 1. The minimum absolute atomic E-state index is 0.121. The van der Waals surface area contributed by atoms with Crippen molar-refractivity contribution < 1.29 is 18.0 Å². The van der Waals surface area contributed by atoms with Gasteiger partial charge in [0.1, 0.15) is 6.04 Å². The van der Waals surface area contributed by atoms with E-state index in [1.165, 1.54) is 10.6 Å². The highest BCUT2D eigenvalue weighted by Crippen LogP contribution is 2.25. The minimum atomic E-state index is -3.53. The molecule has 1 N–H and O–H groups in total. The monoisotopic (exact) mass is 565 g/mol. The smallest absolute Gasteiger partial charge is 0.242 e. The van der Waals surface area contributed by atoms with Gasteiger partial charge in [0.25, 0.3) is 0 Å². The number of amides is 2. The fourth-order valence-electron chi connectivity index (χ4n) is 3.80. The molecule has 9 heteroatoms. The first-order valence-electron chi connectivity index (χ1n) is 11.8. The Labute approximate surface area is 218 Å². The number of halogens is 1. The van der Waals surface area contributed by atoms with Crippen LogP contribution in [0.2, 0.25) is 0 Å². The van der Waals surface area contributed by atoms with E-state index in [1.807, 2.05) is 57.2 Å². The van der Waals surface area contributed by atoms with Gasteiger partial charge in [-0.3, -0.25) is 13.9 Å². The van der Waals surface area contributed by atoms with Gasteiger partial charge in [0, 0.05) is 30.5 Å². The molecule has 7 nitrogen and oxygen atoms in total. The lowest BCUT2D eigenvalue weighted by molar-refractivity contribution is -0.140. The van der Waals surface area contributed by atoms with Gasteiger partial charge in [-0.2, -0.15) is 0 Å². The van der Waals surface area contributed by atoms with Crippen LogP contribution in [0.15, 0.2) is 46.9 Å². The summed E-state index contributed by atoms with van der Waals surface area (Å²) in [6.07, 6.45) is 2.43. The molecule has 2 aromatic rings. The topological polar surface area (TPSA) is 86.8 Å². The van der Waals surface area contributed by atoms with Gasteiger partial charge in [0.15, 0.2) is 0 Å². The number of hydrogen-bond acceptors (Lipinski definition) is 4. The number of nitrogens with one attached hydrogen (secondary N) is 1. The summed E-state index contributed by atoms with van der Waals surface area (Å²) < 4.78 is 27.3. The summed E-state index contributed by atoms with van der Waals surface area (Å²) in [5.74, 6) is -0.401. The summed E-state index contributed by atoms with van der Waals surface area (Å²) in [5, 5.41) is 2.86. The van der Waals surface area contributed by atoms with E-state index in [0.29, 0.717) is 18.7 Å². The van der Waals surface area contributed by atoms with Gasteiger partial charge < -0.3 is 10.2 Å². The molecular formula is C26H36BrN3O4S. The molecule has 0 saturated heterocycles. The Morgan fingerprint density at radius 1 is 1.11 bits per heavy atom. The first-order chi connectivity index (χ1) is 16.5. The van der Waals surface area contributed by atoms with Crippen LogP contribution < -0.4 is 9.62 Å². The van der Waals surface area contributed by atoms with Gasteiger partial charge in [-0.15, -0.1) is 0 Å². The summed E-state index contributed by atoms with van der Waals surface area (Å²) in [5.41, 5.74) is 3.41. The number of aryl methyl sites for hydroxylation is 1. The van der Waals surface area contributed by atoms with E-state index in [9.17, 15) is 18.0 Å². The third kappa shape index (κ3) is 8.35. The predicted molar refractivity (Wildman–Crippen MR) is 145 cm³/mol. The van der Waals surface area contributed by atoms with Gasteiger partial charge in [0.2, 0.25) is 21.8 Å². The third-order valence-corrected chi connectivity index (χ3v) is 7.63. The van der Waals surface area contributed by atoms with E-state index in [-0.39, 0.29) is 31.3 Å². The standard InChI is InChI=1S/C26H36BrN3O4S/c1-6-15-28-26(32)21(4)29(18-22-11-8-12-23(27)17-22)25(31)14-9-16-30(35(5,33)34)24-13-7-10-19(2)20(24)3/h7-8,10-13,17,21H,6,9,14-16,18H2,1-5H3,(H,28,32)/t21-/m1/s1. The van der Waals surface area contributed by atoms with Gasteiger partial charge in [-0.05, 0) is 68.5 Å². The number of hydrogen-bond donors (Lipinski definition) is 1.